The van der Waals surface area contributed by atoms with Gasteiger partial charge in [0.1, 0.15) is 17.3 Å². The van der Waals surface area contributed by atoms with Gasteiger partial charge in [0.2, 0.25) is 0 Å². The summed E-state index contributed by atoms with van der Waals surface area (Å²) in [5.41, 5.74) is 2.16. The summed E-state index contributed by atoms with van der Waals surface area (Å²) in [5.74, 6) is -1.13. The van der Waals surface area contributed by atoms with Crippen LogP contribution in [-0.4, -0.2) is 11.9 Å². The molecule has 0 spiro atoms. The molecule has 0 saturated carbocycles. The van der Waals surface area contributed by atoms with Crippen LogP contribution in [0.2, 0.25) is 0 Å². The second-order valence-corrected chi connectivity index (χ2v) is 7.43. The smallest absolute Gasteiger partial charge is 0.338 e. The fraction of sp³-hybridized carbons (Fsp3) is 0.154. The van der Waals surface area contributed by atoms with E-state index in [1.165, 1.54) is 6.07 Å². The van der Waals surface area contributed by atoms with Gasteiger partial charge in [-0.05, 0) is 30.7 Å². The van der Waals surface area contributed by atoms with Crippen LogP contribution in [0.1, 0.15) is 20.8 Å². The molecular formula is C26H23FO4. The summed E-state index contributed by atoms with van der Waals surface area (Å²) in [6, 6.07) is 18.4. The van der Waals surface area contributed by atoms with Gasteiger partial charge in [-0.25, -0.2) is 9.18 Å². The van der Waals surface area contributed by atoms with Crippen LogP contribution in [0.25, 0.3) is 22.3 Å². The molecule has 158 valence electrons. The van der Waals surface area contributed by atoms with Gasteiger partial charge in [-0.2, -0.15) is 0 Å². The highest BCUT2D eigenvalue weighted by Gasteiger charge is 2.17. The van der Waals surface area contributed by atoms with Crippen molar-refractivity contribution in [3.8, 4) is 33.8 Å². The van der Waals surface area contributed by atoms with Crippen molar-refractivity contribution >= 4 is 11.9 Å². The lowest BCUT2D eigenvalue weighted by molar-refractivity contribution is -0.137. The number of hydrogen-bond acceptors (Lipinski definition) is 4. The Balaban J connectivity index is 1.99. The monoisotopic (exact) mass is 418 g/mol. The second kappa shape index (κ2) is 9.39. The number of para-hydroxylation sites is 2. The summed E-state index contributed by atoms with van der Waals surface area (Å²) >= 11 is 0. The largest absolute Gasteiger partial charge is 0.426 e. The first-order valence-corrected chi connectivity index (χ1v) is 9.85. The lowest BCUT2D eigenvalue weighted by Gasteiger charge is -2.14. The Morgan fingerprint density at radius 3 is 2.00 bits per heavy atom. The molecule has 0 radical (unpaired) electrons. The van der Waals surface area contributed by atoms with Crippen LogP contribution in [0.4, 0.5) is 4.39 Å². The lowest BCUT2D eigenvalue weighted by atomic mass is 9.98. The van der Waals surface area contributed by atoms with Gasteiger partial charge in [0.05, 0.1) is 5.92 Å². The topological polar surface area (TPSA) is 52.6 Å². The average Bonchev–Trinajstić information content (AvgIpc) is 2.74. The Morgan fingerprint density at radius 1 is 0.839 bits per heavy atom. The third kappa shape index (κ3) is 5.07. The molecule has 0 bridgehead atoms. The SMILES string of the molecule is C=C(C)C(=O)Oc1ccccc1-c1ccc(-c2ccccc2OC(=O)C(C)C)c(F)c1. The molecule has 0 fully saturated rings. The van der Waals surface area contributed by atoms with Crippen LogP contribution in [0, 0.1) is 11.7 Å². The minimum Gasteiger partial charge on any atom is -0.426 e. The third-order valence-electron chi connectivity index (χ3n) is 4.58. The Kier molecular flexibility index (Phi) is 6.65. The quantitative estimate of drug-likeness (QED) is 0.272. The minimum atomic E-state index is -0.551. The Bertz CT molecular complexity index is 1150. The molecule has 3 aromatic carbocycles. The maximum Gasteiger partial charge on any atom is 0.338 e. The van der Waals surface area contributed by atoms with Gasteiger partial charge >= 0.3 is 11.9 Å². The summed E-state index contributed by atoms with van der Waals surface area (Å²) < 4.78 is 26.0. The predicted molar refractivity (Wildman–Crippen MR) is 118 cm³/mol. The number of halogens is 1. The minimum absolute atomic E-state index is 0.267. The molecule has 4 nitrogen and oxygen atoms in total. The van der Waals surface area contributed by atoms with E-state index in [2.05, 4.69) is 6.58 Å². The highest BCUT2D eigenvalue weighted by molar-refractivity contribution is 5.90. The molecule has 0 aliphatic heterocycles. The van der Waals surface area contributed by atoms with Crippen LogP contribution < -0.4 is 9.47 Å². The molecular weight excluding hydrogens is 395 g/mol. The number of hydrogen-bond donors (Lipinski definition) is 0. The maximum absolute atomic E-state index is 15.2. The van der Waals surface area contributed by atoms with Gasteiger partial charge in [0.25, 0.3) is 0 Å². The maximum atomic E-state index is 15.2. The van der Waals surface area contributed by atoms with E-state index in [0.29, 0.717) is 33.8 Å². The van der Waals surface area contributed by atoms with Gasteiger partial charge in [-0.1, -0.05) is 69.0 Å². The summed E-state index contributed by atoms with van der Waals surface area (Å²) in [6.07, 6.45) is 0. The summed E-state index contributed by atoms with van der Waals surface area (Å²) in [4.78, 5) is 24.0. The van der Waals surface area contributed by atoms with Crippen LogP contribution in [0.15, 0.2) is 78.9 Å². The predicted octanol–water partition coefficient (Wildman–Crippen LogP) is 6.20. The molecule has 0 amide bonds. The van der Waals surface area contributed by atoms with Gasteiger partial charge in [0.15, 0.2) is 0 Å². The number of benzene rings is 3. The first-order valence-electron chi connectivity index (χ1n) is 9.85. The molecule has 0 atom stereocenters. The second-order valence-electron chi connectivity index (χ2n) is 7.43. The van der Waals surface area contributed by atoms with Gasteiger partial charge in [-0.15, -0.1) is 0 Å². The van der Waals surface area contributed by atoms with Crippen molar-refractivity contribution in [3.63, 3.8) is 0 Å². The normalized spacial score (nSPS) is 10.6. The molecule has 0 N–H and O–H groups in total. The third-order valence-corrected chi connectivity index (χ3v) is 4.58. The van der Waals surface area contributed by atoms with Crippen molar-refractivity contribution in [1.29, 1.82) is 0 Å². The molecule has 3 aromatic rings. The van der Waals surface area contributed by atoms with Crippen LogP contribution in [0.5, 0.6) is 11.5 Å². The van der Waals surface area contributed by atoms with Gasteiger partial charge < -0.3 is 9.47 Å². The molecule has 3 rings (SSSR count). The van der Waals surface area contributed by atoms with E-state index in [1.807, 2.05) is 0 Å². The van der Waals surface area contributed by atoms with E-state index < -0.39 is 17.8 Å². The van der Waals surface area contributed by atoms with Crippen molar-refractivity contribution in [2.75, 3.05) is 0 Å². The number of carbonyl (C=O) groups excluding carboxylic acids is 2. The molecule has 0 saturated heterocycles. The first-order chi connectivity index (χ1) is 14.8. The average molecular weight is 418 g/mol. The molecule has 5 heteroatoms. The molecule has 0 heterocycles. The molecule has 31 heavy (non-hydrogen) atoms. The van der Waals surface area contributed by atoms with Crippen molar-refractivity contribution in [2.45, 2.75) is 20.8 Å². The van der Waals surface area contributed by atoms with Crippen molar-refractivity contribution in [2.24, 2.45) is 5.92 Å². The van der Waals surface area contributed by atoms with E-state index in [-0.39, 0.29) is 11.5 Å². The Hall–Kier alpha value is -3.73. The van der Waals surface area contributed by atoms with E-state index in [0.717, 1.165) is 0 Å². The number of carbonyl (C=O) groups is 2. The zero-order valence-electron chi connectivity index (χ0n) is 17.6. The van der Waals surface area contributed by atoms with Gasteiger partial charge in [-0.3, -0.25) is 4.79 Å². The molecule has 0 aliphatic rings. The highest BCUT2D eigenvalue weighted by atomic mass is 19.1. The summed E-state index contributed by atoms with van der Waals surface area (Å²) in [7, 11) is 0. The van der Waals surface area contributed by atoms with E-state index in [9.17, 15) is 9.59 Å². The van der Waals surface area contributed by atoms with E-state index >= 15 is 4.39 Å². The molecule has 0 aromatic heterocycles. The summed E-state index contributed by atoms with van der Waals surface area (Å²) in [5, 5.41) is 0. The zero-order valence-corrected chi connectivity index (χ0v) is 17.6. The zero-order chi connectivity index (χ0) is 22.5. The van der Waals surface area contributed by atoms with Crippen LogP contribution in [-0.2, 0) is 9.59 Å². The molecule has 0 aliphatic carbocycles. The van der Waals surface area contributed by atoms with Gasteiger partial charge in [0, 0.05) is 22.3 Å². The van der Waals surface area contributed by atoms with Crippen molar-refractivity contribution in [1.82, 2.24) is 0 Å². The van der Waals surface area contributed by atoms with E-state index in [1.54, 1.807) is 81.4 Å². The number of ether oxygens (including phenoxy) is 2. The Labute approximate surface area is 180 Å². The first kappa shape index (κ1) is 22.0. The summed E-state index contributed by atoms with van der Waals surface area (Å²) in [6.45, 7) is 8.61. The fourth-order valence-corrected chi connectivity index (χ4v) is 2.89. The standard InChI is InChI=1S/C26H23FO4/c1-16(2)25(28)30-23-11-7-5-9-19(23)18-13-14-20(22(27)15-18)21-10-6-8-12-24(21)31-26(29)17(3)4/h5-15,17H,1H2,2-4H3. The molecule has 0 unspecified atom stereocenters. The fourth-order valence-electron chi connectivity index (χ4n) is 2.89. The van der Waals surface area contributed by atoms with E-state index in [4.69, 9.17) is 9.47 Å². The van der Waals surface area contributed by atoms with Crippen molar-refractivity contribution in [3.05, 3.63) is 84.7 Å². The number of esters is 2. The Morgan fingerprint density at radius 2 is 1.42 bits per heavy atom. The van der Waals surface area contributed by atoms with Crippen molar-refractivity contribution < 1.29 is 23.5 Å². The van der Waals surface area contributed by atoms with Crippen LogP contribution >= 0.6 is 0 Å². The van der Waals surface area contributed by atoms with Crippen LogP contribution in [0.3, 0.4) is 0 Å². The lowest BCUT2D eigenvalue weighted by Crippen LogP contribution is -2.15. The number of rotatable bonds is 6. The highest BCUT2D eigenvalue weighted by Crippen LogP contribution is 2.36.